The third-order valence-corrected chi connectivity index (χ3v) is 2.49. The molecule has 0 unspecified atom stereocenters. The molecule has 88 valence electrons. The molecule has 0 aliphatic heterocycles. The maximum atomic E-state index is 13.4. The number of anilines is 3. The SMILES string of the molecule is Cc1cccc(N)c1Nc1cc(F)ccc1F. The number of benzene rings is 2. The van der Waals surface area contributed by atoms with Gasteiger partial charge < -0.3 is 11.1 Å². The lowest BCUT2D eigenvalue weighted by Gasteiger charge is -2.12. The summed E-state index contributed by atoms with van der Waals surface area (Å²) in [5.74, 6) is -1.02. The van der Waals surface area contributed by atoms with Crippen molar-refractivity contribution in [2.24, 2.45) is 0 Å². The van der Waals surface area contributed by atoms with E-state index in [9.17, 15) is 8.78 Å². The molecule has 0 aliphatic carbocycles. The van der Waals surface area contributed by atoms with Crippen LogP contribution in [0.25, 0.3) is 0 Å². The first kappa shape index (κ1) is 11.4. The fourth-order valence-electron chi connectivity index (χ4n) is 1.59. The molecule has 2 rings (SSSR count). The Kier molecular flexibility index (Phi) is 2.95. The number of aryl methyl sites for hydroxylation is 1. The van der Waals surface area contributed by atoms with Gasteiger partial charge in [-0.25, -0.2) is 8.78 Å². The van der Waals surface area contributed by atoms with Crippen LogP contribution in [0.2, 0.25) is 0 Å². The Morgan fingerprint density at radius 2 is 1.88 bits per heavy atom. The van der Waals surface area contributed by atoms with E-state index in [1.165, 1.54) is 0 Å². The summed E-state index contributed by atoms with van der Waals surface area (Å²) in [5, 5.41) is 2.81. The zero-order chi connectivity index (χ0) is 12.4. The third-order valence-electron chi connectivity index (χ3n) is 2.49. The Morgan fingerprint density at radius 1 is 1.12 bits per heavy atom. The van der Waals surface area contributed by atoms with Crippen LogP contribution < -0.4 is 11.1 Å². The van der Waals surface area contributed by atoms with Crippen molar-refractivity contribution in [3.8, 4) is 0 Å². The number of nitrogen functional groups attached to an aromatic ring is 1. The van der Waals surface area contributed by atoms with Gasteiger partial charge in [-0.1, -0.05) is 12.1 Å². The Labute approximate surface area is 98.1 Å². The van der Waals surface area contributed by atoms with Crippen LogP contribution >= 0.6 is 0 Å². The van der Waals surface area contributed by atoms with Gasteiger partial charge in [-0.3, -0.25) is 0 Å². The van der Waals surface area contributed by atoms with Gasteiger partial charge in [0.05, 0.1) is 17.1 Å². The smallest absolute Gasteiger partial charge is 0.146 e. The molecule has 2 aromatic carbocycles. The van der Waals surface area contributed by atoms with Gasteiger partial charge in [0, 0.05) is 6.07 Å². The number of rotatable bonds is 2. The van der Waals surface area contributed by atoms with Gasteiger partial charge in [-0.15, -0.1) is 0 Å². The second kappa shape index (κ2) is 4.41. The number of hydrogen-bond donors (Lipinski definition) is 2. The molecule has 17 heavy (non-hydrogen) atoms. The minimum absolute atomic E-state index is 0.0750. The van der Waals surface area contributed by atoms with Crippen LogP contribution in [0.3, 0.4) is 0 Å². The molecule has 0 fully saturated rings. The van der Waals surface area contributed by atoms with Crippen molar-refractivity contribution in [2.45, 2.75) is 6.92 Å². The zero-order valence-corrected chi connectivity index (χ0v) is 9.30. The first-order chi connectivity index (χ1) is 8.08. The van der Waals surface area contributed by atoms with Crippen molar-refractivity contribution < 1.29 is 8.78 Å². The summed E-state index contributed by atoms with van der Waals surface area (Å²) >= 11 is 0. The molecular weight excluding hydrogens is 222 g/mol. The van der Waals surface area contributed by atoms with Crippen molar-refractivity contribution >= 4 is 17.1 Å². The number of nitrogens with two attached hydrogens (primary N) is 1. The van der Waals surface area contributed by atoms with E-state index >= 15 is 0 Å². The highest BCUT2D eigenvalue weighted by atomic mass is 19.1. The number of hydrogen-bond acceptors (Lipinski definition) is 2. The predicted molar refractivity (Wildman–Crippen MR) is 65.2 cm³/mol. The summed E-state index contributed by atoms with van der Waals surface area (Å²) in [6.45, 7) is 1.84. The molecule has 0 aromatic heterocycles. The fourth-order valence-corrected chi connectivity index (χ4v) is 1.59. The van der Waals surface area contributed by atoms with Gasteiger partial charge in [-0.2, -0.15) is 0 Å². The molecule has 0 aliphatic rings. The average Bonchev–Trinajstić information content (AvgIpc) is 2.28. The van der Waals surface area contributed by atoms with Crippen LogP contribution in [-0.4, -0.2) is 0 Å². The molecule has 4 heteroatoms. The van der Waals surface area contributed by atoms with Crippen LogP contribution in [0.4, 0.5) is 25.8 Å². The lowest BCUT2D eigenvalue weighted by molar-refractivity contribution is 0.603. The van der Waals surface area contributed by atoms with Gasteiger partial charge in [0.25, 0.3) is 0 Å². The number of halogens is 2. The van der Waals surface area contributed by atoms with Crippen LogP contribution in [0.1, 0.15) is 5.56 Å². The Morgan fingerprint density at radius 3 is 2.59 bits per heavy atom. The molecular formula is C13H12F2N2. The molecule has 2 aromatic rings. The maximum absolute atomic E-state index is 13.4. The zero-order valence-electron chi connectivity index (χ0n) is 9.30. The Balaban J connectivity index is 2.41. The van der Waals surface area contributed by atoms with E-state index < -0.39 is 11.6 Å². The molecule has 0 bridgehead atoms. The molecule has 0 radical (unpaired) electrons. The van der Waals surface area contributed by atoms with Crippen molar-refractivity contribution in [3.05, 3.63) is 53.6 Å². The third kappa shape index (κ3) is 2.36. The van der Waals surface area contributed by atoms with E-state index in [0.717, 1.165) is 23.8 Å². The highest BCUT2D eigenvalue weighted by Gasteiger charge is 2.07. The fraction of sp³-hybridized carbons (Fsp3) is 0.0769. The highest BCUT2D eigenvalue weighted by Crippen LogP contribution is 2.28. The number of nitrogens with one attached hydrogen (secondary N) is 1. The molecule has 2 nitrogen and oxygen atoms in total. The minimum atomic E-state index is -0.519. The van der Waals surface area contributed by atoms with E-state index in [2.05, 4.69) is 5.32 Å². The van der Waals surface area contributed by atoms with Crippen molar-refractivity contribution in [2.75, 3.05) is 11.1 Å². The van der Waals surface area contributed by atoms with E-state index in [1.807, 2.05) is 13.0 Å². The quantitative estimate of drug-likeness (QED) is 0.779. The summed E-state index contributed by atoms with van der Waals surface area (Å²) in [6, 6.07) is 8.59. The second-order valence-electron chi connectivity index (χ2n) is 3.79. The minimum Gasteiger partial charge on any atom is -0.397 e. The lowest BCUT2D eigenvalue weighted by atomic mass is 10.1. The summed E-state index contributed by atoms with van der Waals surface area (Å²) in [4.78, 5) is 0. The monoisotopic (exact) mass is 234 g/mol. The summed E-state index contributed by atoms with van der Waals surface area (Å²) in [5.41, 5.74) is 7.81. The lowest BCUT2D eigenvalue weighted by Crippen LogP contribution is -2.00. The highest BCUT2D eigenvalue weighted by molar-refractivity contribution is 5.75. The van der Waals surface area contributed by atoms with Crippen molar-refractivity contribution in [1.29, 1.82) is 0 Å². The van der Waals surface area contributed by atoms with E-state index in [-0.39, 0.29) is 5.69 Å². The van der Waals surface area contributed by atoms with Gasteiger partial charge >= 0.3 is 0 Å². The molecule has 3 N–H and O–H groups in total. The maximum Gasteiger partial charge on any atom is 0.146 e. The normalized spacial score (nSPS) is 10.3. The topological polar surface area (TPSA) is 38.0 Å². The van der Waals surface area contributed by atoms with Crippen LogP contribution in [0.5, 0.6) is 0 Å². The largest absolute Gasteiger partial charge is 0.397 e. The Bertz CT molecular complexity index is 533. The molecule has 0 atom stereocenters. The van der Waals surface area contributed by atoms with Gasteiger partial charge in [-0.05, 0) is 30.7 Å². The molecule has 0 saturated carbocycles. The molecule has 0 heterocycles. The summed E-state index contributed by atoms with van der Waals surface area (Å²) in [7, 11) is 0. The van der Waals surface area contributed by atoms with Crippen molar-refractivity contribution in [1.82, 2.24) is 0 Å². The van der Waals surface area contributed by atoms with Crippen LogP contribution in [-0.2, 0) is 0 Å². The van der Waals surface area contributed by atoms with Gasteiger partial charge in [0.2, 0.25) is 0 Å². The van der Waals surface area contributed by atoms with Crippen LogP contribution in [0.15, 0.2) is 36.4 Å². The molecule has 0 saturated heterocycles. The summed E-state index contributed by atoms with van der Waals surface area (Å²) in [6.07, 6.45) is 0. The van der Waals surface area contributed by atoms with E-state index in [1.54, 1.807) is 12.1 Å². The summed E-state index contributed by atoms with van der Waals surface area (Å²) < 4.78 is 26.5. The average molecular weight is 234 g/mol. The van der Waals surface area contributed by atoms with Crippen LogP contribution in [0, 0.1) is 18.6 Å². The molecule has 0 amide bonds. The first-order valence-electron chi connectivity index (χ1n) is 5.15. The van der Waals surface area contributed by atoms with Crippen molar-refractivity contribution in [3.63, 3.8) is 0 Å². The van der Waals surface area contributed by atoms with Gasteiger partial charge in [0.1, 0.15) is 11.6 Å². The predicted octanol–water partition coefficient (Wildman–Crippen LogP) is 3.60. The standard InChI is InChI=1S/C13H12F2N2/c1-8-3-2-4-11(16)13(8)17-12-7-9(14)5-6-10(12)15/h2-7,17H,16H2,1H3. The molecule has 0 spiro atoms. The second-order valence-corrected chi connectivity index (χ2v) is 3.79. The number of para-hydroxylation sites is 1. The van der Waals surface area contributed by atoms with Gasteiger partial charge in [0.15, 0.2) is 0 Å². The Hall–Kier alpha value is -2.10. The van der Waals surface area contributed by atoms with E-state index in [0.29, 0.717) is 11.4 Å². The first-order valence-corrected chi connectivity index (χ1v) is 5.15. The van der Waals surface area contributed by atoms with E-state index in [4.69, 9.17) is 5.73 Å².